The summed E-state index contributed by atoms with van der Waals surface area (Å²) in [6.45, 7) is 1.76. The fraction of sp³-hybridized carbons (Fsp3) is 0.0769. The highest BCUT2D eigenvalue weighted by Crippen LogP contribution is 2.27. The van der Waals surface area contributed by atoms with Gasteiger partial charge in [0.2, 0.25) is 0 Å². The lowest BCUT2D eigenvalue weighted by Gasteiger charge is -2.08. The van der Waals surface area contributed by atoms with E-state index in [1.165, 1.54) is 6.20 Å². The number of nitrogens with zero attached hydrogens (tertiary/aromatic N) is 2. The van der Waals surface area contributed by atoms with Gasteiger partial charge in [-0.1, -0.05) is 12.1 Å². The lowest BCUT2D eigenvalue weighted by molar-refractivity contribution is 0.603. The molecule has 0 bridgehead atoms. The third kappa shape index (κ3) is 2.92. The van der Waals surface area contributed by atoms with E-state index in [9.17, 15) is 8.42 Å². The predicted octanol–water partition coefficient (Wildman–Crippen LogP) is 3.56. The van der Waals surface area contributed by atoms with Crippen molar-refractivity contribution in [3.8, 4) is 0 Å². The van der Waals surface area contributed by atoms with E-state index in [1.807, 2.05) is 12.1 Å². The molecular weight excluding hydrogens is 374 g/mol. The summed E-state index contributed by atoms with van der Waals surface area (Å²) in [5.41, 5.74) is 1.05. The van der Waals surface area contributed by atoms with Crippen molar-refractivity contribution in [2.75, 3.05) is 4.72 Å². The van der Waals surface area contributed by atoms with E-state index >= 15 is 0 Å². The second kappa shape index (κ2) is 5.36. The first-order valence-corrected chi connectivity index (χ1v) is 9.04. The van der Waals surface area contributed by atoms with Crippen LogP contribution < -0.4 is 4.72 Å². The van der Waals surface area contributed by atoms with E-state index in [0.29, 0.717) is 16.2 Å². The van der Waals surface area contributed by atoms with Crippen LogP contribution in [0.4, 0.5) is 5.69 Å². The van der Waals surface area contributed by atoms with Crippen molar-refractivity contribution < 1.29 is 8.42 Å². The Hall–Kier alpha value is -1.51. The molecule has 0 saturated heterocycles. The minimum Gasteiger partial charge on any atom is -0.277 e. The molecule has 108 valence electrons. The van der Waals surface area contributed by atoms with Crippen LogP contribution in [0.3, 0.4) is 0 Å². The predicted molar refractivity (Wildman–Crippen MR) is 87.1 cm³/mol. The zero-order valence-electron chi connectivity index (χ0n) is 10.9. The molecule has 5 nitrogen and oxygen atoms in total. The van der Waals surface area contributed by atoms with Crippen molar-refractivity contribution in [3.63, 3.8) is 0 Å². The monoisotopic (exact) mass is 383 g/mol. The molecule has 0 saturated carbocycles. The number of sulfonamides is 1. The van der Waals surface area contributed by atoms with Crippen LogP contribution in [0.2, 0.25) is 0 Å². The number of hydrogen-bond donors (Lipinski definition) is 1. The number of rotatable bonds is 3. The Bertz CT molecular complexity index is 922. The average molecular weight is 384 g/mol. The fourth-order valence-electron chi connectivity index (χ4n) is 1.88. The van der Waals surface area contributed by atoms with Crippen LogP contribution in [0, 0.1) is 6.92 Å². The van der Waals surface area contributed by atoms with Gasteiger partial charge in [0, 0.05) is 16.1 Å². The molecular formula is C13H10BrN3O2S2. The summed E-state index contributed by atoms with van der Waals surface area (Å²) in [6, 6.07) is 7.24. The van der Waals surface area contributed by atoms with Gasteiger partial charge in [0.05, 0.1) is 22.4 Å². The van der Waals surface area contributed by atoms with Crippen LogP contribution in [0.1, 0.15) is 5.01 Å². The van der Waals surface area contributed by atoms with Gasteiger partial charge >= 0.3 is 0 Å². The zero-order valence-corrected chi connectivity index (χ0v) is 14.1. The largest absolute Gasteiger partial charge is 0.277 e. The SMILES string of the molecule is Cc1ncc(S(=O)(=O)Nc2cccc3cc(Br)cnc23)s1. The van der Waals surface area contributed by atoms with Crippen molar-refractivity contribution in [2.45, 2.75) is 11.1 Å². The fourth-order valence-corrected chi connectivity index (χ4v) is 4.40. The summed E-state index contributed by atoms with van der Waals surface area (Å²) < 4.78 is 28.3. The van der Waals surface area contributed by atoms with Crippen molar-refractivity contribution in [1.82, 2.24) is 9.97 Å². The second-order valence-electron chi connectivity index (χ2n) is 4.33. The standard InChI is InChI=1S/C13H10BrN3O2S2/c1-8-15-7-12(20-8)21(18,19)17-11-4-2-3-9-5-10(14)6-16-13(9)11/h2-7,17H,1H3. The molecule has 8 heteroatoms. The first-order valence-electron chi connectivity index (χ1n) is 5.95. The molecule has 3 aromatic rings. The number of para-hydroxylation sites is 1. The van der Waals surface area contributed by atoms with Crippen LogP contribution in [-0.2, 0) is 10.0 Å². The van der Waals surface area contributed by atoms with Crippen LogP contribution in [0.25, 0.3) is 10.9 Å². The summed E-state index contributed by atoms with van der Waals surface area (Å²) >= 11 is 4.48. The van der Waals surface area contributed by atoms with Gasteiger partial charge in [0.25, 0.3) is 10.0 Å². The van der Waals surface area contributed by atoms with E-state index in [1.54, 1.807) is 25.3 Å². The van der Waals surface area contributed by atoms with Gasteiger partial charge in [-0.05, 0) is 35.0 Å². The Balaban J connectivity index is 2.06. The maximum absolute atomic E-state index is 12.3. The first-order chi connectivity index (χ1) is 9.95. The highest BCUT2D eigenvalue weighted by molar-refractivity contribution is 9.10. The summed E-state index contributed by atoms with van der Waals surface area (Å²) in [4.78, 5) is 8.25. The number of pyridine rings is 1. The third-order valence-corrected chi connectivity index (χ3v) is 5.96. The van der Waals surface area contributed by atoms with E-state index < -0.39 is 10.0 Å². The number of hydrogen-bond acceptors (Lipinski definition) is 5. The molecule has 0 fully saturated rings. The molecule has 1 aromatic carbocycles. The van der Waals surface area contributed by atoms with Crippen LogP contribution >= 0.6 is 27.3 Å². The highest BCUT2D eigenvalue weighted by Gasteiger charge is 2.18. The van der Waals surface area contributed by atoms with Crippen molar-refractivity contribution >= 4 is 53.9 Å². The minimum absolute atomic E-state index is 0.189. The molecule has 21 heavy (non-hydrogen) atoms. The van der Waals surface area contributed by atoms with Crippen LogP contribution in [-0.4, -0.2) is 18.4 Å². The molecule has 0 atom stereocenters. The van der Waals surface area contributed by atoms with E-state index in [0.717, 1.165) is 21.2 Å². The molecule has 2 aromatic heterocycles. The molecule has 0 aliphatic carbocycles. The van der Waals surface area contributed by atoms with Gasteiger partial charge < -0.3 is 0 Å². The number of aryl methyl sites for hydroxylation is 1. The van der Waals surface area contributed by atoms with E-state index in [2.05, 4.69) is 30.6 Å². The second-order valence-corrected chi connectivity index (χ2v) is 8.39. The Kier molecular flexibility index (Phi) is 3.68. The number of benzene rings is 1. The van der Waals surface area contributed by atoms with Gasteiger partial charge in [0.15, 0.2) is 4.21 Å². The van der Waals surface area contributed by atoms with Gasteiger partial charge in [0.1, 0.15) is 0 Å². The highest BCUT2D eigenvalue weighted by atomic mass is 79.9. The van der Waals surface area contributed by atoms with Crippen LogP contribution in [0.5, 0.6) is 0 Å². The van der Waals surface area contributed by atoms with Gasteiger partial charge in [-0.25, -0.2) is 13.4 Å². The summed E-state index contributed by atoms with van der Waals surface area (Å²) in [7, 11) is -3.64. The van der Waals surface area contributed by atoms with Crippen molar-refractivity contribution in [1.29, 1.82) is 0 Å². The molecule has 0 amide bonds. The average Bonchev–Trinajstić information content (AvgIpc) is 2.86. The maximum Gasteiger partial charge on any atom is 0.273 e. The maximum atomic E-state index is 12.3. The van der Waals surface area contributed by atoms with E-state index in [-0.39, 0.29) is 4.21 Å². The number of anilines is 1. The lowest BCUT2D eigenvalue weighted by atomic mass is 10.2. The minimum atomic E-state index is -3.64. The molecule has 3 rings (SSSR count). The first kappa shape index (κ1) is 14.4. The normalized spacial score (nSPS) is 11.7. The summed E-state index contributed by atoms with van der Waals surface area (Å²) in [5, 5.41) is 1.56. The Morgan fingerprint density at radius 2 is 2.05 bits per heavy atom. The Morgan fingerprint density at radius 3 is 2.76 bits per heavy atom. The van der Waals surface area contributed by atoms with Gasteiger partial charge in [-0.15, -0.1) is 11.3 Å². The molecule has 1 N–H and O–H groups in total. The molecule has 0 aliphatic rings. The van der Waals surface area contributed by atoms with Crippen molar-refractivity contribution in [3.05, 3.63) is 46.1 Å². The number of aromatic nitrogens is 2. The summed E-state index contributed by atoms with van der Waals surface area (Å²) in [6.07, 6.45) is 2.99. The summed E-state index contributed by atoms with van der Waals surface area (Å²) in [5.74, 6) is 0. The molecule has 2 heterocycles. The molecule has 0 radical (unpaired) electrons. The molecule has 0 aliphatic heterocycles. The number of nitrogens with one attached hydrogen (secondary N) is 1. The topological polar surface area (TPSA) is 72.0 Å². The Labute approximate surface area is 134 Å². The van der Waals surface area contributed by atoms with Crippen LogP contribution in [0.15, 0.2) is 45.3 Å². The zero-order chi connectivity index (χ0) is 15.0. The number of halogens is 1. The van der Waals surface area contributed by atoms with Gasteiger partial charge in [-0.2, -0.15) is 0 Å². The third-order valence-electron chi connectivity index (χ3n) is 2.79. The lowest BCUT2D eigenvalue weighted by Crippen LogP contribution is -2.12. The molecule has 0 unspecified atom stereocenters. The number of thiazole rings is 1. The van der Waals surface area contributed by atoms with Gasteiger partial charge in [-0.3, -0.25) is 9.71 Å². The molecule has 0 spiro atoms. The van der Waals surface area contributed by atoms with E-state index in [4.69, 9.17) is 0 Å². The van der Waals surface area contributed by atoms with Crippen molar-refractivity contribution in [2.24, 2.45) is 0 Å². The quantitative estimate of drug-likeness (QED) is 0.750. The Morgan fingerprint density at radius 1 is 1.24 bits per heavy atom. The smallest absolute Gasteiger partial charge is 0.273 e. The number of fused-ring (bicyclic) bond motifs is 1.